The molecule has 0 bridgehead atoms. The lowest BCUT2D eigenvalue weighted by atomic mass is 10.0. The molecule has 0 aliphatic heterocycles. The Labute approximate surface area is 118 Å². The van der Waals surface area contributed by atoms with Crippen LogP contribution in [0.2, 0.25) is 0 Å². The summed E-state index contributed by atoms with van der Waals surface area (Å²) in [4.78, 5) is 11.9. The lowest BCUT2D eigenvalue weighted by Gasteiger charge is -2.09. The lowest BCUT2D eigenvalue weighted by Crippen LogP contribution is -2.33. The Morgan fingerprint density at radius 2 is 2.10 bits per heavy atom. The first-order valence-electron chi connectivity index (χ1n) is 6.65. The molecule has 1 N–H and O–H groups in total. The fraction of sp³-hybridized carbons (Fsp3) is 0.375. The third-order valence-electron chi connectivity index (χ3n) is 3.43. The van der Waals surface area contributed by atoms with Crippen LogP contribution in [0.15, 0.2) is 22.8 Å². The molecule has 1 aromatic carbocycles. The molecule has 0 unspecified atom stereocenters. The van der Waals surface area contributed by atoms with E-state index < -0.39 is 0 Å². The van der Waals surface area contributed by atoms with Crippen LogP contribution in [0.5, 0.6) is 0 Å². The summed E-state index contributed by atoms with van der Waals surface area (Å²) in [6, 6.07) is 5.95. The molecule has 1 amide bonds. The van der Waals surface area contributed by atoms with Gasteiger partial charge in [-0.15, -0.1) is 0 Å². The van der Waals surface area contributed by atoms with Crippen LogP contribution in [0.4, 0.5) is 0 Å². The largest absolute Gasteiger partial charge is 0.464 e. The van der Waals surface area contributed by atoms with E-state index in [0.29, 0.717) is 6.42 Å². The summed E-state index contributed by atoms with van der Waals surface area (Å²) in [6.07, 6.45) is 2.22. The molecule has 2 rings (SSSR count). The number of fused-ring (bicyclic) bond motifs is 1. The second-order valence-corrected chi connectivity index (χ2v) is 5.20. The maximum absolute atomic E-state index is 11.9. The molecule has 4 nitrogen and oxygen atoms in total. The van der Waals surface area contributed by atoms with Crippen molar-refractivity contribution < 1.29 is 9.21 Å². The maximum atomic E-state index is 11.9. The number of rotatable bonds is 4. The van der Waals surface area contributed by atoms with Crippen molar-refractivity contribution in [3.63, 3.8) is 0 Å². The van der Waals surface area contributed by atoms with Crippen LogP contribution in [-0.4, -0.2) is 11.9 Å². The Morgan fingerprint density at radius 1 is 1.40 bits per heavy atom. The van der Waals surface area contributed by atoms with Crippen LogP contribution in [0.25, 0.3) is 11.0 Å². The Morgan fingerprint density at radius 3 is 2.80 bits per heavy atom. The quantitative estimate of drug-likeness (QED) is 0.928. The number of hydrogen-bond acceptors (Lipinski definition) is 3. The molecule has 1 heterocycles. The second kappa shape index (κ2) is 5.79. The first-order valence-corrected chi connectivity index (χ1v) is 6.65. The molecule has 0 spiro atoms. The highest BCUT2D eigenvalue weighted by atomic mass is 16.3. The number of aryl methyl sites for hydroxylation is 2. The fourth-order valence-electron chi connectivity index (χ4n) is 2.16. The third-order valence-corrected chi connectivity index (χ3v) is 3.43. The molecule has 0 aliphatic carbocycles. The van der Waals surface area contributed by atoms with Gasteiger partial charge in [0, 0.05) is 17.0 Å². The average molecular weight is 270 g/mol. The minimum absolute atomic E-state index is 0.0892. The van der Waals surface area contributed by atoms with E-state index in [-0.39, 0.29) is 18.4 Å². The van der Waals surface area contributed by atoms with Crippen LogP contribution in [-0.2, 0) is 11.2 Å². The van der Waals surface area contributed by atoms with E-state index in [1.54, 1.807) is 6.26 Å². The second-order valence-electron chi connectivity index (χ2n) is 5.20. The first-order chi connectivity index (χ1) is 9.51. The molecule has 0 saturated carbocycles. The number of hydrogen-bond donors (Lipinski definition) is 1. The molecule has 0 saturated heterocycles. The molecular weight excluding hydrogens is 252 g/mol. The number of nitrogens with zero attached hydrogens (tertiary/aromatic N) is 1. The topological polar surface area (TPSA) is 66.0 Å². The van der Waals surface area contributed by atoms with Gasteiger partial charge in [0.1, 0.15) is 5.58 Å². The molecule has 0 aliphatic rings. The Hall–Kier alpha value is -2.28. The van der Waals surface area contributed by atoms with E-state index in [1.165, 1.54) is 11.1 Å². The molecule has 20 heavy (non-hydrogen) atoms. The van der Waals surface area contributed by atoms with Crippen LogP contribution >= 0.6 is 0 Å². The third kappa shape index (κ3) is 3.00. The van der Waals surface area contributed by atoms with E-state index in [0.717, 1.165) is 16.5 Å². The highest BCUT2D eigenvalue weighted by Gasteiger charge is 2.13. The molecule has 1 aromatic heterocycles. The summed E-state index contributed by atoms with van der Waals surface area (Å²) in [5.41, 5.74) is 4.04. The summed E-state index contributed by atoms with van der Waals surface area (Å²) in [5.74, 6) is -0.0892. The monoisotopic (exact) mass is 270 g/mol. The number of amides is 1. The zero-order valence-electron chi connectivity index (χ0n) is 12.0. The molecule has 4 heteroatoms. The normalized spacial score (nSPS) is 12.1. The van der Waals surface area contributed by atoms with Gasteiger partial charge in [0.05, 0.1) is 25.2 Å². The number of benzene rings is 1. The van der Waals surface area contributed by atoms with E-state index in [1.807, 2.05) is 32.9 Å². The van der Waals surface area contributed by atoms with E-state index >= 15 is 0 Å². The molecular formula is C16H18N2O2. The summed E-state index contributed by atoms with van der Waals surface area (Å²) in [6.45, 7) is 5.90. The maximum Gasteiger partial charge on any atom is 0.224 e. The van der Waals surface area contributed by atoms with Crippen molar-refractivity contribution >= 4 is 16.9 Å². The zero-order chi connectivity index (χ0) is 14.7. The number of furan rings is 1. The van der Waals surface area contributed by atoms with Gasteiger partial charge in [-0.2, -0.15) is 5.26 Å². The Balaban J connectivity index is 2.16. The van der Waals surface area contributed by atoms with E-state index in [4.69, 9.17) is 9.68 Å². The van der Waals surface area contributed by atoms with Crippen molar-refractivity contribution in [3.8, 4) is 6.07 Å². The van der Waals surface area contributed by atoms with Crippen molar-refractivity contribution in [2.75, 3.05) is 0 Å². The van der Waals surface area contributed by atoms with Crippen LogP contribution in [0, 0.1) is 25.2 Å². The summed E-state index contributed by atoms with van der Waals surface area (Å²) in [5, 5.41) is 12.4. The Bertz CT molecular complexity index is 680. The number of carbonyl (C=O) groups excluding carboxylic acids is 1. The van der Waals surface area contributed by atoms with Crippen molar-refractivity contribution in [2.24, 2.45) is 0 Å². The molecule has 2 aromatic rings. The average Bonchev–Trinajstić information content (AvgIpc) is 2.72. The predicted octanol–water partition coefficient (Wildman–Crippen LogP) is 3.01. The van der Waals surface area contributed by atoms with Crippen molar-refractivity contribution in [1.82, 2.24) is 5.32 Å². The minimum Gasteiger partial charge on any atom is -0.464 e. The van der Waals surface area contributed by atoms with Crippen LogP contribution in [0.3, 0.4) is 0 Å². The molecule has 0 radical (unpaired) electrons. The smallest absolute Gasteiger partial charge is 0.224 e. The Kier molecular flexibility index (Phi) is 4.09. The summed E-state index contributed by atoms with van der Waals surface area (Å²) in [7, 11) is 0. The minimum atomic E-state index is -0.130. The standard InChI is InChI=1S/C16H18N2O2/c1-10-6-14-13(9-20-15(14)7-11(10)2)8-16(19)18-12(3)4-5-17/h6-7,9,12H,4,8H2,1-3H3,(H,18,19)/t12-/m0/s1. The zero-order valence-corrected chi connectivity index (χ0v) is 12.0. The van der Waals surface area contributed by atoms with E-state index in [9.17, 15) is 4.79 Å². The van der Waals surface area contributed by atoms with E-state index in [2.05, 4.69) is 11.4 Å². The van der Waals surface area contributed by atoms with Gasteiger partial charge in [0.15, 0.2) is 0 Å². The van der Waals surface area contributed by atoms with Crippen molar-refractivity contribution in [3.05, 3.63) is 35.1 Å². The predicted molar refractivity (Wildman–Crippen MR) is 77.2 cm³/mol. The van der Waals surface area contributed by atoms with Gasteiger partial charge in [0.2, 0.25) is 5.91 Å². The SMILES string of the molecule is Cc1cc2occ(CC(=O)N[C@@H](C)CC#N)c2cc1C. The van der Waals surface area contributed by atoms with Gasteiger partial charge in [-0.05, 0) is 44.0 Å². The van der Waals surface area contributed by atoms with Crippen molar-refractivity contribution in [1.29, 1.82) is 5.26 Å². The highest BCUT2D eigenvalue weighted by Crippen LogP contribution is 2.25. The number of carbonyl (C=O) groups is 1. The van der Waals surface area contributed by atoms with Gasteiger partial charge in [-0.1, -0.05) is 0 Å². The van der Waals surface area contributed by atoms with Gasteiger partial charge in [0.25, 0.3) is 0 Å². The number of nitriles is 1. The molecule has 104 valence electrons. The van der Waals surface area contributed by atoms with Crippen LogP contribution in [0.1, 0.15) is 30.0 Å². The molecule has 1 atom stereocenters. The lowest BCUT2D eigenvalue weighted by molar-refractivity contribution is -0.121. The van der Waals surface area contributed by atoms with Crippen molar-refractivity contribution in [2.45, 2.75) is 39.7 Å². The highest BCUT2D eigenvalue weighted by molar-refractivity contribution is 5.88. The van der Waals surface area contributed by atoms with Gasteiger partial charge >= 0.3 is 0 Å². The molecule has 0 fully saturated rings. The number of nitrogens with one attached hydrogen (secondary N) is 1. The van der Waals surface area contributed by atoms with Gasteiger partial charge < -0.3 is 9.73 Å². The van der Waals surface area contributed by atoms with Crippen LogP contribution < -0.4 is 5.32 Å². The van der Waals surface area contributed by atoms with Gasteiger partial charge in [-0.3, -0.25) is 4.79 Å². The van der Waals surface area contributed by atoms with Gasteiger partial charge in [-0.25, -0.2) is 0 Å². The first kappa shape index (κ1) is 14.1. The summed E-state index contributed by atoms with van der Waals surface area (Å²) >= 11 is 0. The summed E-state index contributed by atoms with van der Waals surface area (Å²) < 4.78 is 5.51. The fourth-order valence-corrected chi connectivity index (χ4v) is 2.16.